The minimum atomic E-state index is -0.686. The Hall–Kier alpha value is -3.49. The lowest BCUT2D eigenvalue weighted by atomic mass is 10.1. The van der Waals surface area contributed by atoms with Gasteiger partial charge in [0.05, 0.1) is 34.0 Å². The molecule has 0 fully saturated rings. The summed E-state index contributed by atoms with van der Waals surface area (Å²) in [7, 11) is 0. The molecule has 1 atom stereocenters. The Morgan fingerprint density at radius 1 is 1.19 bits per heavy atom. The van der Waals surface area contributed by atoms with Crippen molar-refractivity contribution in [2.45, 2.75) is 13.0 Å². The number of hydrogen-bond donors (Lipinski definition) is 2. The molecule has 1 unspecified atom stereocenters. The van der Waals surface area contributed by atoms with E-state index in [9.17, 15) is 19.1 Å². The van der Waals surface area contributed by atoms with Crippen LogP contribution in [0.5, 0.6) is 5.75 Å². The second-order valence-corrected chi connectivity index (χ2v) is 7.74. The van der Waals surface area contributed by atoms with Gasteiger partial charge in [-0.3, -0.25) is 14.2 Å². The van der Waals surface area contributed by atoms with Crippen LogP contribution in [0.2, 0.25) is 10.2 Å². The van der Waals surface area contributed by atoms with E-state index >= 15 is 0 Å². The number of aromatic hydroxyl groups is 1. The number of carbonyl (C=O) groups is 1. The molecule has 0 aliphatic heterocycles. The average Bonchev–Trinajstić information content (AvgIpc) is 2.77. The number of nitrogens with one attached hydrogen (secondary N) is 1. The van der Waals surface area contributed by atoms with Gasteiger partial charge in [-0.05, 0) is 42.8 Å². The third kappa shape index (κ3) is 4.02. The van der Waals surface area contributed by atoms with Gasteiger partial charge in [-0.25, -0.2) is 14.4 Å². The molecule has 4 rings (SSSR count). The number of rotatable bonds is 4. The topological polar surface area (TPSA) is 97.1 Å². The Morgan fingerprint density at radius 2 is 1.94 bits per heavy atom. The van der Waals surface area contributed by atoms with Crippen LogP contribution in [0.1, 0.15) is 29.0 Å². The molecule has 0 spiro atoms. The molecule has 0 aliphatic carbocycles. The highest BCUT2D eigenvalue weighted by Gasteiger charge is 2.18. The molecule has 0 saturated carbocycles. The number of halogens is 3. The maximum absolute atomic E-state index is 13.7. The van der Waals surface area contributed by atoms with Crippen LogP contribution in [0.15, 0.2) is 59.7 Å². The third-order valence-corrected chi connectivity index (χ3v) is 5.50. The minimum absolute atomic E-state index is 0.138. The number of carbonyl (C=O) groups excluding carboxylic acids is 1. The Morgan fingerprint density at radius 3 is 2.66 bits per heavy atom. The van der Waals surface area contributed by atoms with Gasteiger partial charge in [-0.2, -0.15) is 0 Å². The van der Waals surface area contributed by atoms with Crippen LogP contribution < -0.4 is 10.9 Å². The lowest BCUT2D eigenvalue weighted by molar-refractivity contribution is 0.102. The molecular weight excluding hydrogens is 458 g/mol. The molecule has 7 nitrogen and oxygen atoms in total. The van der Waals surface area contributed by atoms with Crippen molar-refractivity contribution in [2.75, 3.05) is 5.32 Å². The first kappa shape index (κ1) is 21.7. The standard InChI is InChI=1S/C22H15Cl2FN4O3/c1-11(12-4-2-5-13(25)8-12)29-10-26-15-6-3-7-16(18(15)22(29)32)28-21(31)17-9-14(23)19(30)20(24)27-17/h2-11,30H,1H3,(H,28,31). The first-order valence-corrected chi connectivity index (χ1v) is 10.1. The van der Waals surface area contributed by atoms with Crippen molar-refractivity contribution in [1.82, 2.24) is 14.5 Å². The van der Waals surface area contributed by atoms with Gasteiger partial charge in [0.1, 0.15) is 11.5 Å². The van der Waals surface area contributed by atoms with Gasteiger partial charge < -0.3 is 10.4 Å². The lowest BCUT2D eigenvalue weighted by Gasteiger charge is -2.17. The monoisotopic (exact) mass is 472 g/mol. The third-order valence-electron chi connectivity index (χ3n) is 4.94. The summed E-state index contributed by atoms with van der Waals surface area (Å²) in [5.74, 6) is -1.54. The highest BCUT2D eigenvalue weighted by molar-refractivity contribution is 6.36. The van der Waals surface area contributed by atoms with Crippen LogP contribution >= 0.6 is 23.2 Å². The summed E-state index contributed by atoms with van der Waals surface area (Å²) in [6.07, 6.45) is 1.38. The van der Waals surface area contributed by atoms with Gasteiger partial charge >= 0.3 is 0 Å². The van der Waals surface area contributed by atoms with Gasteiger partial charge in [-0.15, -0.1) is 0 Å². The molecular formula is C22H15Cl2FN4O3. The van der Waals surface area contributed by atoms with Crippen molar-refractivity contribution < 1.29 is 14.3 Å². The summed E-state index contributed by atoms with van der Waals surface area (Å²) in [4.78, 5) is 34.2. The summed E-state index contributed by atoms with van der Waals surface area (Å²) in [5, 5.41) is 12.0. The van der Waals surface area contributed by atoms with Crippen LogP contribution in [0.3, 0.4) is 0 Å². The van der Waals surface area contributed by atoms with Gasteiger partial charge in [0.25, 0.3) is 11.5 Å². The van der Waals surface area contributed by atoms with Crippen LogP contribution in [-0.2, 0) is 0 Å². The summed E-state index contributed by atoms with van der Waals surface area (Å²) in [5.41, 5.74) is 0.593. The maximum Gasteiger partial charge on any atom is 0.274 e. The predicted octanol–water partition coefficient (Wildman–Crippen LogP) is 4.80. The lowest BCUT2D eigenvalue weighted by Crippen LogP contribution is -2.26. The Labute approximate surface area is 191 Å². The van der Waals surface area contributed by atoms with E-state index in [1.54, 1.807) is 37.3 Å². The van der Waals surface area contributed by atoms with Crippen molar-refractivity contribution in [2.24, 2.45) is 0 Å². The molecule has 2 heterocycles. The molecule has 2 aromatic carbocycles. The quantitative estimate of drug-likeness (QED) is 0.415. The first-order valence-electron chi connectivity index (χ1n) is 9.38. The number of fused-ring (bicyclic) bond motifs is 1. The molecule has 1 amide bonds. The van der Waals surface area contributed by atoms with Crippen LogP contribution in [0, 0.1) is 5.82 Å². The number of nitrogens with zero attached hydrogens (tertiary/aromatic N) is 3. The number of anilines is 1. The number of benzene rings is 2. The molecule has 162 valence electrons. The normalized spacial score (nSPS) is 12.0. The molecule has 4 aromatic rings. The molecule has 0 radical (unpaired) electrons. The molecule has 10 heteroatoms. The first-order chi connectivity index (χ1) is 15.3. The summed E-state index contributed by atoms with van der Waals surface area (Å²) >= 11 is 11.7. The van der Waals surface area contributed by atoms with E-state index in [0.29, 0.717) is 11.1 Å². The van der Waals surface area contributed by atoms with E-state index in [1.807, 2.05) is 0 Å². The molecule has 0 saturated heterocycles. The van der Waals surface area contributed by atoms with E-state index in [-0.39, 0.29) is 26.9 Å². The van der Waals surface area contributed by atoms with Crippen LogP contribution in [-0.4, -0.2) is 25.5 Å². The smallest absolute Gasteiger partial charge is 0.274 e. The molecule has 2 N–H and O–H groups in total. The minimum Gasteiger partial charge on any atom is -0.504 e. The van der Waals surface area contributed by atoms with E-state index < -0.39 is 29.1 Å². The SMILES string of the molecule is CC(c1cccc(F)c1)n1cnc2cccc(NC(=O)c3cc(Cl)c(O)c(Cl)n3)c2c1=O. The molecule has 2 aromatic heterocycles. The highest BCUT2D eigenvalue weighted by atomic mass is 35.5. The fourth-order valence-corrected chi connectivity index (χ4v) is 3.70. The van der Waals surface area contributed by atoms with E-state index in [0.717, 1.165) is 6.07 Å². The average molecular weight is 473 g/mol. The number of hydrogen-bond acceptors (Lipinski definition) is 5. The Balaban J connectivity index is 1.77. The second-order valence-electron chi connectivity index (χ2n) is 6.97. The zero-order valence-corrected chi connectivity index (χ0v) is 18.0. The number of amides is 1. The van der Waals surface area contributed by atoms with Gasteiger partial charge in [0.15, 0.2) is 10.9 Å². The fraction of sp³-hybridized carbons (Fsp3) is 0.0909. The van der Waals surface area contributed by atoms with Gasteiger partial charge in [-0.1, -0.05) is 41.4 Å². The van der Waals surface area contributed by atoms with E-state index in [2.05, 4.69) is 15.3 Å². The summed E-state index contributed by atoms with van der Waals surface area (Å²) < 4.78 is 15.0. The van der Waals surface area contributed by atoms with Gasteiger partial charge in [0.2, 0.25) is 0 Å². The Bertz CT molecular complexity index is 1400. The largest absolute Gasteiger partial charge is 0.504 e. The van der Waals surface area contributed by atoms with E-state index in [1.165, 1.54) is 23.0 Å². The van der Waals surface area contributed by atoms with Crippen molar-refractivity contribution in [3.63, 3.8) is 0 Å². The Kier molecular flexibility index (Phi) is 5.82. The predicted molar refractivity (Wildman–Crippen MR) is 120 cm³/mol. The van der Waals surface area contributed by atoms with E-state index in [4.69, 9.17) is 23.2 Å². The van der Waals surface area contributed by atoms with Crippen LogP contribution in [0.4, 0.5) is 10.1 Å². The summed E-state index contributed by atoms with van der Waals surface area (Å²) in [6, 6.07) is 11.4. The maximum atomic E-state index is 13.7. The van der Waals surface area contributed by atoms with Crippen molar-refractivity contribution >= 4 is 45.7 Å². The number of aromatic nitrogens is 3. The molecule has 0 aliphatic rings. The van der Waals surface area contributed by atoms with Crippen molar-refractivity contribution in [3.05, 3.63) is 92.5 Å². The molecule has 32 heavy (non-hydrogen) atoms. The van der Waals surface area contributed by atoms with Crippen molar-refractivity contribution in [3.8, 4) is 5.75 Å². The zero-order valence-electron chi connectivity index (χ0n) is 16.5. The highest BCUT2D eigenvalue weighted by Crippen LogP contribution is 2.30. The fourth-order valence-electron chi connectivity index (χ4n) is 3.27. The van der Waals surface area contributed by atoms with Crippen molar-refractivity contribution in [1.29, 1.82) is 0 Å². The van der Waals surface area contributed by atoms with Crippen LogP contribution in [0.25, 0.3) is 10.9 Å². The molecule has 0 bridgehead atoms. The van der Waals surface area contributed by atoms with Gasteiger partial charge in [0, 0.05) is 0 Å². The number of pyridine rings is 1. The summed E-state index contributed by atoms with van der Waals surface area (Å²) in [6.45, 7) is 1.75. The zero-order chi connectivity index (χ0) is 23.0. The second kappa shape index (κ2) is 8.57.